The molecule has 0 aromatic heterocycles. The maximum absolute atomic E-state index is 12.7. The lowest BCUT2D eigenvalue weighted by atomic mass is 9.93. The Hall–Kier alpha value is -2.37. The summed E-state index contributed by atoms with van der Waals surface area (Å²) in [7, 11) is 1.31. The van der Waals surface area contributed by atoms with E-state index in [-0.39, 0.29) is 17.7 Å². The first-order valence-electron chi connectivity index (χ1n) is 9.07. The molecule has 0 bridgehead atoms. The Balaban J connectivity index is 2.05. The average Bonchev–Trinajstić information content (AvgIpc) is 2.67. The Morgan fingerprint density at radius 3 is 2.50 bits per heavy atom. The molecule has 2 amide bonds. The Kier molecular flexibility index (Phi) is 6.40. The highest BCUT2D eigenvalue weighted by Gasteiger charge is 2.37. The van der Waals surface area contributed by atoms with E-state index >= 15 is 0 Å². The number of esters is 1. The van der Waals surface area contributed by atoms with Gasteiger partial charge in [-0.1, -0.05) is 24.6 Å². The van der Waals surface area contributed by atoms with Gasteiger partial charge in [-0.3, -0.25) is 9.59 Å². The molecule has 2 rings (SSSR count). The zero-order valence-corrected chi connectivity index (χ0v) is 16.0. The summed E-state index contributed by atoms with van der Waals surface area (Å²) in [6.45, 7) is 6.46. The predicted octanol–water partition coefficient (Wildman–Crippen LogP) is 2.31. The van der Waals surface area contributed by atoms with Crippen molar-refractivity contribution in [2.75, 3.05) is 20.2 Å². The Labute approximate surface area is 154 Å². The molecule has 1 saturated heterocycles. The SMILES string of the molecule is CC[C@](C)(NC(=O)[C@@H]1CCCN(C(=O)c2ccc(C)cc2)C1)C(=O)OC. The summed E-state index contributed by atoms with van der Waals surface area (Å²) in [5.74, 6) is -1.06. The second-order valence-electron chi connectivity index (χ2n) is 7.12. The van der Waals surface area contributed by atoms with Crippen LogP contribution in [0, 0.1) is 12.8 Å². The van der Waals surface area contributed by atoms with Crippen molar-refractivity contribution in [3.63, 3.8) is 0 Å². The molecule has 0 unspecified atom stereocenters. The molecule has 1 aliphatic heterocycles. The van der Waals surface area contributed by atoms with Crippen molar-refractivity contribution in [2.24, 2.45) is 5.92 Å². The summed E-state index contributed by atoms with van der Waals surface area (Å²) in [5.41, 5.74) is 0.679. The monoisotopic (exact) mass is 360 g/mol. The lowest BCUT2D eigenvalue weighted by molar-refractivity contribution is -0.151. The van der Waals surface area contributed by atoms with E-state index in [0.29, 0.717) is 31.5 Å². The predicted molar refractivity (Wildman–Crippen MR) is 98.7 cm³/mol. The fourth-order valence-corrected chi connectivity index (χ4v) is 3.14. The summed E-state index contributed by atoms with van der Waals surface area (Å²) >= 11 is 0. The van der Waals surface area contributed by atoms with Gasteiger partial charge in [-0.2, -0.15) is 0 Å². The molecule has 1 fully saturated rings. The molecule has 0 saturated carbocycles. The maximum atomic E-state index is 12.7. The number of nitrogens with zero attached hydrogens (tertiary/aromatic N) is 1. The van der Waals surface area contributed by atoms with Gasteiger partial charge in [0.15, 0.2) is 0 Å². The van der Waals surface area contributed by atoms with Crippen LogP contribution in [0.4, 0.5) is 0 Å². The van der Waals surface area contributed by atoms with E-state index < -0.39 is 11.5 Å². The fraction of sp³-hybridized carbons (Fsp3) is 0.550. The Morgan fingerprint density at radius 2 is 1.92 bits per heavy atom. The molecule has 2 atom stereocenters. The molecule has 1 aromatic carbocycles. The molecule has 1 heterocycles. The minimum atomic E-state index is -1.05. The van der Waals surface area contributed by atoms with Crippen LogP contribution in [-0.2, 0) is 14.3 Å². The van der Waals surface area contributed by atoms with Crippen LogP contribution in [0.15, 0.2) is 24.3 Å². The number of rotatable bonds is 5. The molecular formula is C20H28N2O4. The number of carbonyl (C=O) groups excluding carboxylic acids is 3. The van der Waals surface area contributed by atoms with E-state index in [0.717, 1.165) is 12.0 Å². The largest absolute Gasteiger partial charge is 0.467 e. The van der Waals surface area contributed by atoms with Crippen LogP contribution in [-0.4, -0.2) is 48.4 Å². The summed E-state index contributed by atoms with van der Waals surface area (Å²) < 4.78 is 4.80. The first-order chi connectivity index (χ1) is 12.3. The maximum Gasteiger partial charge on any atom is 0.331 e. The van der Waals surface area contributed by atoms with E-state index in [1.807, 2.05) is 38.1 Å². The number of methoxy groups -OCH3 is 1. The summed E-state index contributed by atoms with van der Waals surface area (Å²) in [6, 6.07) is 7.44. The number of nitrogens with one attached hydrogen (secondary N) is 1. The molecular weight excluding hydrogens is 332 g/mol. The molecule has 0 radical (unpaired) electrons. The third-order valence-corrected chi connectivity index (χ3v) is 5.12. The number of piperidine rings is 1. The second kappa shape index (κ2) is 8.34. The molecule has 0 aliphatic carbocycles. The summed E-state index contributed by atoms with van der Waals surface area (Å²) in [4.78, 5) is 39.1. The minimum Gasteiger partial charge on any atom is -0.467 e. The van der Waals surface area contributed by atoms with Gasteiger partial charge in [0.2, 0.25) is 5.91 Å². The number of ether oxygens (including phenoxy) is 1. The van der Waals surface area contributed by atoms with Crippen LogP contribution in [0.25, 0.3) is 0 Å². The highest BCUT2D eigenvalue weighted by molar-refractivity contribution is 5.95. The quantitative estimate of drug-likeness (QED) is 0.818. The van der Waals surface area contributed by atoms with Crippen molar-refractivity contribution in [3.8, 4) is 0 Å². The van der Waals surface area contributed by atoms with E-state index in [2.05, 4.69) is 5.32 Å². The standard InChI is InChI=1S/C20H28N2O4/c1-5-20(3,19(25)26-4)21-17(23)16-7-6-12-22(13-16)18(24)15-10-8-14(2)9-11-15/h8-11,16H,5-7,12-13H2,1-4H3,(H,21,23)/t16-,20+/m1/s1. The number of benzene rings is 1. The molecule has 142 valence electrons. The highest BCUT2D eigenvalue weighted by Crippen LogP contribution is 2.21. The van der Waals surface area contributed by atoms with Gasteiger partial charge in [-0.05, 0) is 45.2 Å². The lowest BCUT2D eigenvalue weighted by Crippen LogP contribution is -2.56. The second-order valence-corrected chi connectivity index (χ2v) is 7.12. The minimum absolute atomic E-state index is 0.0614. The highest BCUT2D eigenvalue weighted by atomic mass is 16.5. The third kappa shape index (κ3) is 4.42. The van der Waals surface area contributed by atoms with Gasteiger partial charge in [0, 0.05) is 18.7 Å². The van der Waals surface area contributed by atoms with Crippen molar-refractivity contribution in [1.82, 2.24) is 10.2 Å². The van der Waals surface area contributed by atoms with E-state index in [4.69, 9.17) is 4.74 Å². The normalized spacial score (nSPS) is 19.4. The van der Waals surface area contributed by atoms with Crippen molar-refractivity contribution >= 4 is 17.8 Å². The van der Waals surface area contributed by atoms with Crippen LogP contribution >= 0.6 is 0 Å². The first kappa shape index (κ1) is 19.9. The van der Waals surface area contributed by atoms with Crippen LogP contribution in [0.2, 0.25) is 0 Å². The number of hydrogen-bond acceptors (Lipinski definition) is 4. The van der Waals surface area contributed by atoms with Gasteiger partial charge >= 0.3 is 5.97 Å². The molecule has 0 spiro atoms. The van der Waals surface area contributed by atoms with E-state index in [9.17, 15) is 14.4 Å². The van der Waals surface area contributed by atoms with E-state index in [1.165, 1.54) is 7.11 Å². The number of aryl methyl sites for hydroxylation is 1. The lowest BCUT2D eigenvalue weighted by Gasteiger charge is -2.34. The third-order valence-electron chi connectivity index (χ3n) is 5.12. The number of likely N-dealkylation sites (tertiary alicyclic amines) is 1. The Bertz CT molecular complexity index is 671. The first-order valence-corrected chi connectivity index (χ1v) is 9.07. The molecule has 1 aromatic rings. The van der Waals surface area contributed by atoms with Crippen molar-refractivity contribution < 1.29 is 19.1 Å². The van der Waals surface area contributed by atoms with Gasteiger partial charge in [-0.15, -0.1) is 0 Å². The Morgan fingerprint density at radius 1 is 1.27 bits per heavy atom. The van der Waals surface area contributed by atoms with Gasteiger partial charge in [-0.25, -0.2) is 4.79 Å². The summed E-state index contributed by atoms with van der Waals surface area (Å²) in [6.07, 6.45) is 1.89. The van der Waals surface area contributed by atoms with Crippen molar-refractivity contribution in [3.05, 3.63) is 35.4 Å². The number of hydrogen-bond donors (Lipinski definition) is 1. The number of carbonyl (C=O) groups is 3. The van der Waals surface area contributed by atoms with Crippen LogP contribution < -0.4 is 5.32 Å². The van der Waals surface area contributed by atoms with Crippen LogP contribution in [0.1, 0.15) is 49.0 Å². The topological polar surface area (TPSA) is 75.7 Å². The zero-order chi connectivity index (χ0) is 19.3. The fourth-order valence-electron chi connectivity index (χ4n) is 3.14. The molecule has 6 heteroatoms. The molecule has 26 heavy (non-hydrogen) atoms. The molecule has 1 aliphatic rings. The summed E-state index contributed by atoms with van der Waals surface area (Å²) in [5, 5.41) is 2.82. The average molecular weight is 360 g/mol. The van der Waals surface area contributed by atoms with Crippen molar-refractivity contribution in [1.29, 1.82) is 0 Å². The van der Waals surface area contributed by atoms with Gasteiger partial charge in [0.25, 0.3) is 5.91 Å². The van der Waals surface area contributed by atoms with Crippen LogP contribution in [0.3, 0.4) is 0 Å². The van der Waals surface area contributed by atoms with Gasteiger partial charge in [0.1, 0.15) is 5.54 Å². The van der Waals surface area contributed by atoms with Gasteiger partial charge in [0.05, 0.1) is 13.0 Å². The molecule has 1 N–H and O–H groups in total. The van der Waals surface area contributed by atoms with Crippen molar-refractivity contribution in [2.45, 2.75) is 45.6 Å². The smallest absolute Gasteiger partial charge is 0.331 e. The molecule has 6 nitrogen and oxygen atoms in total. The van der Waals surface area contributed by atoms with Crippen LogP contribution in [0.5, 0.6) is 0 Å². The zero-order valence-electron chi connectivity index (χ0n) is 16.0. The van der Waals surface area contributed by atoms with E-state index in [1.54, 1.807) is 11.8 Å². The van der Waals surface area contributed by atoms with Gasteiger partial charge < -0.3 is 15.0 Å². The number of amides is 2.